The van der Waals surface area contributed by atoms with E-state index >= 15 is 0 Å². The number of aldehydes is 1. The van der Waals surface area contributed by atoms with Gasteiger partial charge in [-0.05, 0) is 0 Å². The van der Waals surface area contributed by atoms with Gasteiger partial charge in [-0.25, -0.2) is 4.98 Å². The van der Waals surface area contributed by atoms with Crippen LogP contribution in [0.1, 0.15) is 24.3 Å². The highest BCUT2D eigenvalue weighted by molar-refractivity contribution is 6.30. The molecule has 0 fully saturated rings. The summed E-state index contributed by atoms with van der Waals surface area (Å²) in [6, 6.07) is 1.54. The first-order valence-electron chi connectivity index (χ1n) is 3.92. The number of halogens is 1. The summed E-state index contributed by atoms with van der Waals surface area (Å²) in [5, 5.41) is 0.451. The summed E-state index contributed by atoms with van der Waals surface area (Å²) >= 11 is 5.59. The average molecular weight is 202 g/mol. The summed E-state index contributed by atoms with van der Waals surface area (Å²) in [6.45, 7) is 4.00. The van der Waals surface area contributed by atoms with Crippen molar-refractivity contribution in [3.05, 3.63) is 23.0 Å². The second kappa shape index (κ2) is 6.43. The molecule has 1 aromatic rings. The Morgan fingerprint density at radius 2 is 2.15 bits per heavy atom. The van der Waals surface area contributed by atoms with Gasteiger partial charge in [0.25, 0.3) is 0 Å². The third-order valence-electron chi connectivity index (χ3n) is 1.18. The van der Waals surface area contributed by atoms with Crippen LogP contribution in [0.25, 0.3) is 0 Å². The molecular weight excluding hydrogens is 190 g/mol. The lowest BCUT2D eigenvalue weighted by Gasteiger charge is -2.00. The van der Waals surface area contributed by atoms with Crippen LogP contribution < -0.4 is 4.74 Å². The van der Waals surface area contributed by atoms with Gasteiger partial charge in [-0.3, -0.25) is 4.79 Å². The maximum atomic E-state index is 10.3. The van der Waals surface area contributed by atoms with Gasteiger partial charge in [0.2, 0.25) is 0 Å². The number of hydrogen-bond acceptors (Lipinski definition) is 3. The van der Waals surface area contributed by atoms with E-state index in [1.807, 2.05) is 13.8 Å². The molecule has 13 heavy (non-hydrogen) atoms. The molecule has 0 aliphatic rings. The molecule has 0 unspecified atom stereocenters. The predicted octanol–water partition coefficient (Wildman–Crippen LogP) is 2.58. The summed E-state index contributed by atoms with van der Waals surface area (Å²) in [7, 11) is 1.46. The molecule has 0 atom stereocenters. The largest absolute Gasteiger partial charge is 0.494 e. The smallest absolute Gasteiger partial charge is 0.172 e. The molecule has 4 heteroatoms. The molecule has 0 saturated heterocycles. The van der Waals surface area contributed by atoms with E-state index in [-0.39, 0.29) is 5.69 Å². The Labute approximate surface area is 82.7 Å². The summed E-state index contributed by atoms with van der Waals surface area (Å²) in [4.78, 5) is 14.1. The van der Waals surface area contributed by atoms with E-state index in [2.05, 4.69) is 4.98 Å². The van der Waals surface area contributed by atoms with Crippen LogP contribution in [0.15, 0.2) is 12.3 Å². The molecule has 0 aliphatic heterocycles. The molecule has 1 rings (SSSR count). The number of pyridine rings is 1. The Balaban J connectivity index is 0.000000671. The number of nitrogens with zero attached hydrogens (tertiary/aromatic N) is 1. The number of methoxy groups -OCH3 is 1. The summed E-state index contributed by atoms with van der Waals surface area (Å²) in [5.74, 6) is 0.396. The van der Waals surface area contributed by atoms with Crippen LogP contribution >= 0.6 is 11.6 Å². The molecule has 3 nitrogen and oxygen atoms in total. The Hall–Kier alpha value is -1.09. The maximum Gasteiger partial charge on any atom is 0.172 e. The van der Waals surface area contributed by atoms with E-state index in [4.69, 9.17) is 16.3 Å². The normalized spacial score (nSPS) is 8.31. The molecule has 0 saturated carbocycles. The van der Waals surface area contributed by atoms with E-state index in [9.17, 15) is 4.79 Å². The van der Waals surface area contributed by atoms with Crippen molar-refractivity contribution < 1.29 is 9.53 Å². The molecule has 0 aliphatic carbocycles. The zero-order chi connectivity index (χ0) is 10.3. The van der Waals surface area contributed by atoms with Crippen molar-refractivity contribution in [1.29, 1.82) is 0 Å². The third-order valence-corrected chi connectivity index (χ3v) is 1.39. The molecule has 1 aromatic heterocycles. The number of aromatic nitrogens is 1. The maximum absolute atomic E-state index is 10.3. The lowest BCUT2D eigenvalue weighted by molar-refractivity contribution is 0.111. The van der Waals surface area contributed by atoms with Crippen LogP contribution in [-0.2, 0) is 0 Å². The minimum absolute atomic E-state index is 0.261. The van der Waals surface area contributed by atoms with Gasteiger partial charge in [0, 0.05) is 12.3 Å². The van der Waals surface area contributed by atoms with E-state index in [1.54, 1.807) is 0 Å². The van der Waals surface area contributed by atoms with Gasteiger partial charge < -0.3 is 4.74 Å². The van der Waals surface area contributed by atoms with E-state index in [1.165, 1.54) is 19.4 Å². The second-order valence-electron chi connectivity index (χ2n) is 1.86. The van der Waals surface area contributed by atoms with Crippen LogP contribution in [0.3, 0.4) is 0 Å². The molecule has 0 spiro atoms. The fourth-order valence-corrected chi connectivity index (χ4v) is 0.831. The Morgan fingerprint density at radius 1 is 1.54 bits per heavy atom. The van der Waals surface area contributed by atoms with E-state index in [0.717, 1.165) is 0 Å². The molecule has 0 N–H and O–H groups in total. The first-order chi connectivity index (χ1) is 6.27. The van der Waals surface area contributed by atoms with Gasteiger partial charge in [-0.2, -0.15) is 0 Å². The Bertz CT molecular complexity index is 276. The summed E-state index contributed by atoms with van der Waals surface area (Å²) in [6.07, 6.45) is 2.02. The lowest BCUT2D eigenvalue weighted by atomic mass is 10.3. The Morgan fingerprint density at radius 3 is 2.62 bits per heavy atom. The van der Waals surface area contributed by atoms with Crippen LogP contribution in [0.2, 0.25) is 5.02 Å². The van der Waals surface area contributed by atoms with Crippen LogP contribution in [0.5, 0.6) is 5.75 Å². The average Bonchev–Trinajstić information content (AvgIpc) is 2.20. The molecule has 0 radical (unpaired) electrons. The topological polar surface area (TPSA) is 39.2 Å². The van der Waals surface area contributed by atoms with Crippen molar-refractivity contribution in [2.45, 2.75) is 13.8 Å². The van der Waals surface area contributed by atoms with Gasteiger partial charge in [-0.15, -0.1) is 0 Å². The molecule has 0 bridgehead atoms. The van der Waals surface area contributed by atoms with Crippen molar-refractivity contribution in [3.63, 3.8) is 0 Å². The predicted molar refractivity (Wildman–Crippen MR) is 52.5 cm³/mol. The van der Waals surface area contributed by atoms with E-state index in [0.29, 0.717) is 17.1 Å². The molecule has 72 valence electrons. The first kappa shape index (κ1) is 11.9. The SMILES string of the molecule is CC.COc1cc(Cl)cnc1C=O. The molecule has 1 heterocycles. The fraction of sp³-hybridized carbons (Fsp3) is 0.333. The van der Waals surface area contributed by atoms with Crippen molar-refractivity contribution in [2.75, 3.05) is 7.11 Å². The minimum atomic E-state index is 0.261. The van der Waals surface area contributed by atoms with Gasteiger partial charge in [0.05, 0.1) is 12.1 Å². The van der Waals surface area contributed by atoms with Crippen molar-refractivity contribution >= 4 is 17.9 Å². The molecule has 0 amide bonds. The Kier molecular flexibility index (Phi) is 5.89. The number of carbonyl (C=O) groups excluding carboxylic acids is 1. The third kappa shape index (κ3) is 3.42. The van der Waals surface area contributed by atoms with Crippen LogP contribution in [0.4, 0.5) is 0 Å². The van der Waals surface area contributed by atoms with Gasteiger partial charge >= 0.3 is 0 Å². The van der Waals surface area contributed by atoms with Crippen molar-refractivity contribution in [1.82, 2.24) is 4.98 Å². The fourth-order valence-electron chi connectivity index (χ4n) is 0.683. The van der Waals surface area contributed by atoms with Crippen molar-refractivity contribution in [2.24, 2.45) is 0 Å². The minimum Gasteiger partial charge on any atom is -0.494 e. The highest BCUT2D eigenvalue weighted by Crippen LogP contribution is 2.18. The van der Waals surface area contributed by atoms with Crippen LogP contribution in [0, 0.1) is 0 Å². The van der Waals surface area contributed by atoms with Gasteiger partial charge in [0.15, 0.2) is 6.29 Å². The number of rotatable bonds is 2. The molecule has 0 aromatic carbocycles. The number of ether oxygens (including phenoxy) is 1. The zero-order valence-electron chi connectivity index (χ0n) is 7.87. The second-order valence-corrected chi connectivity index (χ2v) is 2.30. The first-order valence-corrected chi connectivity index (χ1v) is 4.30. The molecular formula is C9H12ClNO2. The van der Waals surface area contributed by atoms with Crippen molar-refractivity contribution in [3.8, 4) is 5.75 Å². The summed E-state index contributed by atoms with van der Waals surface area (Å²) < 4.78 is 4.84. The van der Waals surface area contributed by atoms with E-state index < -0.39 is 0 Å². The van der Waals surface area contributed by atoms with Gasteiger partial charge in [-0.1, -0.05) is 25.4 Å². The van der Waals surface area contributed by atoms with Crippen LogP contribution in [-0.4, -0.2) is 18.4 Å². The standard InChI is InChI=1S/C7H6ClNO2.C2H6/c1-11-7-2-5(8)3-9-6(7)4-10;1-2/h2-4H,1H3;1-2H3. The highest BCUT2D eigenvalue weighted by Gasteiger charge is 2.02. The monoisotopic (exact) mass is 201 g/mol. The lowest BCUT2D eigenvalue weighted by Crippen LogP contribution is -1.92. The quantitative estimate of drug-likeness (QED) is 0.691. The number of hydrogen-bond donors (Lipinski definition) is 0. The van der Waals surface area contributed by atoms with Gasteiger partial charge in [0.1, 0.15) is 11.4 Å². The zero-order valence-corrected chi connectivity index (χ0v) is 8.63. The summed E-state index contributed by atoms with van der Waals surface area (Å²) in [5.41, 5.74) is 0.261. The number of carbonyl (C=O) groups is 1. The highest BCUT2D eigenvalue weighted by atomic mass is 35.5.